The first-order valence-corrected chi connectivity index (χ1v) is 4.90. The summed E-state index contributed by atoms with van der Waals surface area (Å²) < 4.78 is 4.95. The lowest BCUT2D eigenvalue weighted by Crippen LogP contribution is -2.35. The van der Waals surface area contributed by atoms with Gasteiger partial charge in [-0.2, -0.15) is 0 Å². The number of aromatic carboxylic acids is 1. The van der Waals surface area contributed by atoms with E-state index in [1.807, 2.05) is 0 Å². The zero-order valence-corrected chi connectivity index (χ0v) is 9.03. The molecule has 0 aliphatic carbocycles. The van der Waals surface area contributed by atoms with Gasteiger partial charge in [0, 0.05) is 13.0 Å². The molecule has 0 spiro atoms. The number of rotatable bonds is 5. The molecule has 0 aromatic carbocycles. The summed E-state index contributed by atoms with van der Waals surface area (Å²) in [5.41, 5.74) is 0. The van der Waals surface area contributed by atoms with Gasteiger partial charge in [-0.15, -0.1) is 12.3 Å². The van der Waals surface area contributed by atoms with E-state index < -0.39 is 5.97 Å². The number of carboxylic acids is 1. The average molecular weight is 236 g/mol. The Hall–Kier alpha value is -2.42. The smallest absolute Gasteiger partial charge is 0.371 e. The second kappa shape index (κ2) is 6.23. The highest BCUT2D eigenvalue weighted by atomic mass is 16.4. The molecule has 90 valence electrons. The van der Waals surface area contributed by atoms with Gasteiger partial charge < -0.3 is 20.2 Å². The van der Waals surface area contributed by atoms with Crippen LogP contribution in [0.1, 0.15) is 22.7 Å². The second-order valence-electron chi connectivity index (χ2n) is 3.13. The van der Waals surface area contributed by atoms with Gasteiger partial charge in [0.05, 0.1) is 6.54 Å². The van der Waals surface area contributed by atoms with Crippen molar-refractivity contribution in [2.75, 3.05) is 6.54 Å². The Morgan fingerprint density at radius 3 is 2.76 bits per heavy atom. The van der Waals surface area contributed by atoms with Crippen LogP contribution in [0.15, 0.2) is 16.5 Å². The molecular formula is C11H12N2O4. The van der Waals surface area contributed by atoms with Gasteiger partial charge in [0.1, 0.15) is 5.76 Å². The van der Waals surface area contributed by atoms with Crippen molar-refractivity contribution in [3.63, 3.8) is 0 Å². The predicted octanol–water partition coefficient (Wildman–Crippen LogP) is 0.800. The molecule has 6 nitrogen and oxygen atoms in total. The average Bonchev–Trinajstić information content (AvgIpc) is 2.75. The van der Waals surface area contributed by atoms with E-state index in [2.05, 4.69) is 16.6 Å². The molecule has 3 N–H and O–H groups in total. The number of terminal acetylenes is 1. The van der Waals surface area contributed by atoms with Gasteiger partial charge in [0.2, 0.25) is 5.76 Å². The SMILES string of the molecule is C#CCCNC(=O)NCc1ccc(C(=O)O)o1. The van der Waals surface area contributed by atoms with Crippen LogP contribution in [0.4, 0.5) is 4.79 Å². The molecule has 0 aliphatic heterocycles. The van der Waals surface area contributed by atoms with E-state index in [0.717, 1.165) is 0 Å². The van der Waals surface area contributed by atoms with Crippen LogP contribution in [0, 0.1) is 12.3 Å². The highest BCUT2D eigenvalue weighted by Gasteiger charge is 2.09. The summed E-state index contributed by atoms with van der Waals surface area (Å²) in [6.07, 6.45) is 5.47. The van der Waals surface area contributed by atoms with Crippen molar-refractivity contribution in [2.24, 2.45) is 0 Å². The predicted molar refractivity (Wildman–Crippen MR) is 59.4 cm³/mol. The van der Waals surface area contributed by atoms with Crippen molar-refractivity contribution in [3.8, 4) is 12.3 Å². The topological polar surface area (TPSA) is 91.6 Å². The first-order chi connectivity index (χ1) is 8.13. The van der Waals surface area contributed by atoms with E-state index in [0.29, 0.717) is 18.7 Å². The van der Waals surface area contributed by atoms with Crippen LogP contribution in [0.5, 0.6) is 0 Å². The fraction of sp³-hybridized carbons (Fsp3) is 0.273. The van der Waals surface area contributed by atoms with Crippen LogP contribution in [0.3, 0.4) is 0 Å². The van der Waals surface area contributed by atoms with E-state index in [1.165, 1.54) is 12.1 Å². The summed E-state index contributed by atoms with van der Waals surface area (Å²) in [5.74, 6) is 1.45. The molecule has 0 bridgehead atoms. The molecule has 0 saturated carbocycles. The first-order valence-electron chi connectivity index (χ1n) is 4.90. The second-order valence-corrected chi connectivity index (χ2v) is 3.13. The maximum Gasteiger partial charge on any atom is 0.371 e. The van der Waals surface area contributed by atoms with Gasteiger partial charge >= 0.3 is 12.0 Å². The van der Waals surface area contributed by atoms with Crippen LogP contribution in [-0.4, -0.2) is 23.7 Å². The third-order valence-electron chi connectivity index (χ3n) is 1.85. The minimum Gasteiger partial charge on any atom is -0.475 e. The highest BCUT2D eigenvalue weighted by Crippen LogP contribution is 2.07. The number of amides is 2. The Labute approximate surface area is 98.0 Å². The number of carbonyl (C=O) groups is 2. The van der Waals surface area contributed by atoms with E-state index in [1.54, 1.807) is 0 Å². The molecule has 1 rings (SSSR count). The van der Waals surface area contributed by atoms with Gasteiger partial charge in [-0.05, 0) is 12.1 Å². The van der Waals surface area contributed by atoms with Crippen LogP contribution >= 0.6 is 0 Å². The van der Waals surface area contributed by atoms with Crippen molar-refractivity contribution in [1.29, 1.82) is 0 Å². The largest absolute Gasteiger partial charge is 0.475 e. The molecule has 1 aromatic heterocycles. The van der Waals surface area contributed by atoms with Gasteiger partial charge in [-0.3, -0.25) is 0 Å². The van der Waals surface area contributed by atoms with E-state index in [4.69, 9.17) is 15.9 Å². The Balaban J connectivity index is 2.32. The zero-order valence-electron chi connectivity index (χ0n) is 9.03. The Kier molecular flexibility index (Phi) is 4.63. The molecule has 0 aliphatic rings. The summed E-state index contributed by atoms with van der Waals surface area (Å²) >= 11 is 0. The lowest BCUT2D eigenvalue weighted by Gasteiger charge is -2.04. The van der Waals surface area contributed by atoms with Gasteiger partial charge in [0.15, 0.2) is 0 Å². The summed E-state index contributed by atoms with van der Waals surface area (Å²) in [5, 5.41) is 13.6. The third kappa shape index (κ3) is 4.30. The number of hydrogen-bond acceptors (Lipinski definition) is 3. The molecular weight excluding hydrogens is 224 g/mol. The molecule has 6 heteroatoms. The Morgan fingerprint density at radius 2 is 2.18 bits per heavy atom. The number of hydrogen-bond donors (Lipinski definition) is 3. The standard InChI is InChI=1S/C11H12N2O4/c1-2-3-6-12-11(16)13-7-8-4-5-9(17-8)10(14)15/h1,4-5H,3,6-7H2,(H,14,15)(H2,12,13,16). The third-order valence-corrected chi connectivity index (χ3v) is 1.85. The van der Waals surface area contributed by atoms with Crippen LogP contribution < -0.4 is 10.6 Å². The number of furan rings is 1. The van der Waals surface area contributed by atoms with Crippen LogP contribution in [-0.2, 0) is 6.54 Å². The first kappa shape index (κ1) is 12.6. The monoisotopic (exact) mass is 236 g/mol. The quantitative estimate of drug-likeness (QED) is 0.521. The van der Waals surface area contributed by atoms with E-state index in [9.17, 15) is 9.59 Å². The normalized spacial score (nSPS) is 9.35. The molecule has 0 fully saturated rings. The summed E-state index contributed by atoms with van der Waals surface area (Å²) in [7, 11) is 0. The van der Waals surface area contributed by atoms with E-state index in [-0.39, 0.29) is 18.3 Å². The maximum absolute atomic E-state index is 11.2. The molecule has 1 aromatic rings. The zero-order chi connectivity index (χ0) is 12.7. The van der Waals surface area contributed by atoms with Crippen molar-refractivity contribution < 1.29 is 19.1 Å². The van der Waals surface area contributed by atoms with Crippen LogP contribution in [0.25, 0.3) is 0 Å². The molecule has 0 unspecified atom stereocenters. The fourth-order valence-electron chi connectivity index (χ4n) is 1.07. The molecule has 0 atom stereocenters. The Morgan fingerprint density at radius 1 is 1.41 bits per heavy atom. The molecule has 0 radical (unpaired) electrons. The molecule has 0 saturated heterocycles. The number of nitrogens with one attached hydrogen (secondary N) is 2. The number of carboxylic acid groups (broad SMARTS) is 1. The minimum absolute atomic E-state index is 0.120. The van der Waals surface area contributed by atoms with Gasteiger partial charge in [-0.1, -0.05) is 0 Å². The number of carbonyl (C=O) groups excluding carboxylic acids is 1. The van der Waals surface area contributed by atoms with Gasteiger partial charge in [0.25, 0.3) is 0 Å². The lowest BCUT2D eigenvalue weighted by molar-refractivity contribution is 0.0660. The van der Waals surface area contributed by atoms with E-state index >= 15 is 0 Å². The summed E-state index contributed by atoms with van der Waals surface area (Å²) in [6.45, 7) is 0.510. The van der Waals surface area contributed by atoms with Gasteiger partial charge in [-0.25, -0.2) is 9.59 Å². The van der Waals surface area contributed by atoms with Crippen LogP contribution in [0.2, 0.25) is 0 Å². The minimum atomic E-state index is -1.14. The summed E-state index contributed by atoms with van der Waals surface area (Å²) in [6, 6.07) is 2.44. The highest BCUT2D eigenvalue weighted by molar-refractivity contribution is 5.84. The van der Waals surface area contributed by atoms with Crippen molar-refractivity contribution >= 4 is 12.0 Å². The molecule has 2 amide bonds. The molecule has 17 heavy (non-hydrogen) atoms. The number of urea groups is 1. The van der Waals surface area contributed by atoms with Crippen molar-refractivity contribution in [3.05, 3.63) is 23.7 Å². The Bertz CT molecular complexity index is 445. The lowest BCUT2D eigenvalue weighted by atomic mass is 10.4. The molecule has 1 heterocycles. The van der Waals surface area contributed by atoms with Crippen molar-refractivity contribution in [1.82, 2.24) is 10.6 Å². The summed E-state index contributed by atoms with van der Waals surface area (Å²) in [4.78, 5) is 21.7. The maximum atomic E-state index is 11.2. The van der Waals surface area contributed by atoms with Crippen molar-refractivity contribution in [2.45, 2.75) is 13.0 Å². The fourth-order valence-corrected chi connectivity index (χ4v) is 1.07.